The quantitative estimate of drug-likeness (QED) is 0.410. The summed E-state index contributed by atoms with van der Waals surface area (Å²) in [6.07, 6.45) is 2.78. The summed E-state index contributed by atoms with van der Waals surface area (Å²) >= 11 is 7.55. The average molecular weight is 505 g/mol. The van der Waals surface area contributed by atoms with Crippen molar-refractivity contribution in [2.75, 3.05) is 19.6 Å². The van der Waals surface area contributed by atoms with E-state index in [9.17, 15) is 0 Å². The van der Waals surface area contributed by atoms with Crippen molar-refractivity contribution in [1.82, 2.24) is 4.90 Å². The van der Waals surface area contributed by atoms with Crippen LogP contribution in [0.5, 0.6) is 0 Å². The van der Waals surface area contributed by atoms with E-state index in [1.54, 1.807) is 0 Å². The third kappa shape index (κ3) is 5.14. The van der Waals surface area contributed by atoms with E-state index in [0.29, 0.717) is -0.565 Å². The molecule has 0 radical (unpaired) electrons. The fourth-order valence-corrected chi connectivity index (χ4v) is 2.92. The van der Waals surface area contributed by atoms with Crippen LogP contribution in [0.2, 0.25) is 0 Å². The van der Waals surface area contributed by atoms with Crippen molar-refractivity contribution >= 4 is 67.8 Å². The zero-order chi connectivity index (χ0) is 9.19. The maximum absolute atomic E-state index is 2.59. The zero-order valence-corrected chi connectivity index (χ0v) is 13.7. The topological polar surface area (TPSA) is 3.24 Å². The fraction of sp³-hybridized carbons (Fsp3) is 1.00. The number of likely N-dealkylation sites (tertiary alicyclic amines) is 1. The Bertz CT molecular complexity index is 136. The van der Waals surface area contributed by atoms with E-state index in [-0.39, 0.29) is 0 Å². The first-order valence-corrected chi connectivity index (χ1v) is 7.50. The average Bonchev–Trinajstić information content (AvgIpc) is 1.91. The summed E-state index contributed by atoms with van der Waals surface area (Å²) in [5, 5.41) is 0. The molecule has 1 aliphatic heterocycles. The molecule has 4 heteroatoms. The Morgan fingerprint density at radius 2 is 1.75 bits per heavy atom. The van der Waals surface area contributed by atoms with Gasteiger partial charge in [-0.2, -0.15) is 0 Å². The molecular formula is C8H14I3N. The highest BCUT2D eigenvalue weighted by Gasteiger charge is 2.24. The molecular weight excluding hydrogens is 491 g/mol. The zero-order valence-electron chi connectivity index (χ0n) is 7.19. The van der Waals surface area contributed by atoms with Crippen molar-refractivity contribution in [3.05, 3.63) is 0 Å². The second-order valence-corrected chi connectivity index (χ2v) is 15.3. The van der Waals surface area contributed by atoms with Gasteiger partial charge in [0.2, 0.25) is 0 Å². The molecule has 0 saturated carbocycles. The predicted octanol–water partition coefficient (Wildman–Crippen LogP) is 3.68. The van der Waals surface area contributed by atoms with Gasteiger partial charge in [-0.3, -0.25) is 0 Å². The van der Waals surface area contributed by atoms with E-state index >= 15 is 0 Å². The molecule has 0 unspecified atom stereocenters. The van der Waals surface area contributed by atoms with E-state index in [2.05, 4.69) is 79.6 Å². The number of hydrogen-bond donors (Lipinski definition) is 0. The van der Waals surface area contributed by atoms with Gasteiger partial charge in [-0.05, 0) is 31.8 Å². The molecule has 1 nitrogen and oxygen atoms in total. The second-order valence-electron chi connectivity index (χ2n) is 3.57. The van der Waals surface area contributed by atoms with Gasteiger partial charge in [0.25, 0.3) is 0 Å². The molecule has 0 amide bonds. The Labute approximate surface area is 116 Å². The third-order valence-corrected chi connectivity index (χ3v) is 3.30. The molecule has 1 heterocycles. The highest BCUT2D eigenvalue weighted by molar-refractivity contribution is 14.3. The lowest BCUT2D eigenvalue weighted by Gasteiger charge is -2.32. The van der Waals surface area contributed by atoms with Crippen LogP contribution in [0, 0.1) is 5.92 Å². The van der Waals surface area contributed by atoms with Gasteiger partial charge in [0, 0.05) is 6.54 Å². The van der Waals surface area contributed by atoms with Crippen LogP contribution in [0.4, 0.5) is 0 Å². The van der Waals surface area contributed by atoms with Crippen molar-refractivity contribution < 1.29 is 0 Å². The van der Waals surface area contributed by atoms with Gasteiger partial charge in [0.15, 0.2) is 0 Å². The van der Waals surface area contributed by atoms with Crippen molar-refractivity contribution in [3.63, 3.8) is 0 Å². The van der Waals surface area contributed by atoms with Crippen LogP contribution in [0.25, 0.3) is 0 Å². The van der Waals surface area contributed by atoms with Gasteiger partial charge in [-0.1, -0.05) is 74.7 Å². The van der Waals surface area contributed by atoms with Crippen LogP contribution in [0.15, 0.2) is 0 Å². The Kier molecular flexibility index (Phi) is 5.39. The number of piperidine rings is 1. The molecule has 0 aromatic heterocycles. The molecule has 0 aliphatic carbocycles. The molecule has 0 atom stereocenters. The molecule has 0 spiro atoms. The van der Waals surface area contributed by atoms with Crippen molar-refractivity contribution in [2.45, 2.75) is 19.2 Å². The second kappa shape index (κ2) is 5.29. The molecule has 1 saturated heterocycles. The van der Waals surface area contributed by atoms with Gasteiger partial charge >= 0.3 is 0 Å². The minimum Gasteiger partial charge on any atom is -0.300 e. The summed E-state index contributed by atoms with van der Waals surface area (Å²) in [6, 6.07) is 0. The summed E-state index contributed by atoms with van der Waals surface area (Å²) in [5.41, 5.74) is 0. The molecule has 1 rings (SSSR count). The summed E-state index contributed by atoms with van der Waals surface area (Å²) in [7, 11) is 0. The van der Waals surface area contributed by atoms with E-state index in [4.69, 9.17) is 0 Å². The SMILES string of the molecule is CC1CCN(CC(I)(I)I)CC1. The van der Waals surface area contributed by atoms with Crippen LogP contribution in [0.1, 0.15) is 19.8 Å². The van der Waals surface area contributed by atoms with Gasteiger partial charge in [-0.15, -0.1) is 0 Å². The first-order valence-electron chi connectivity index (χ1n) is 4.26. The first-order chi connectivity index (χ1) is 5.47. The van der Waals surface area contributed by atoms with Gasteiger partial charge in [0.05, 0.1) is 0 Å². The molecule has 0 N–H and O–H groups in total. The fourth-order valence-electron chi connectivity index (χ4n) is 1.47. The number of halogens is 3. The van der Waals surface area contributed by atoms with Crippen LogP contribution in [0.3, 0.4) is 0 Å². The van der Waals surface area contributed by atoms with Crippen molar-refractivity contribution in [3.8, 4) is 0 Å². The summed E-state index contributed by atoms with van der Waals surface area (Å²) in [4.78, 5) is 2.59. The van der Waals surface area contributed by atoms with E-state index < -0.39 is 0 Å². The summed E-state index contributed by atoms with van der Waals surface area (Å²) in [5.74, 6) is 0.952. The van der Waals surface area contributed by atoms with Crippen LogP contribution in [-0.2, 0) is 0 Å². The molecule has 72 valence electrons. The Balaban J connectivity index is 2.26. The van der Waals surface area contributed by atoms with Crippen LogP contribution < -0.4 is 0 Å². The van der Waals surface area contributed by atoms with Crippen LogP contribution >= 0.6 is 67.8 Å². The molecule has 1 aliphatic rings. The maximum atomic E-state index is 2.59. The van der Waals surface area contributed by atoms with E-state index in [1.807, 2.05) is 0 Å². The monoisotopic (exact) mass is 505 g/mol. The molecule has 0 aromatic carbocycles. The number of rotatable bonds is 2. The molecule has 12 heavy (non-hydrogen) atoms. The Morgan fingerprint density at radius 1 is 1.25 bits per heavy atom. The Hall–Kier alpha value is 2.15. The van der Waals surface area contributed by atoms with Gasteiger partial charge in [-0.25, -0.2) is 0 Å². The molecule has 0 aromatic rings. The molecule has 1 fully saturated rings. The number of hydrogen-bond acceptors (Lipinski definition) is 1. The summed E-state index contributed by atoms with van der Waals surface area (Å²) in [6.45, 7) is 6.19. The first kappa shape index (κ1) is 12.2. The lowest BCUT2D eigenvalue weighted by molar-refractivity contribution is 0.201. The summed E-state index contributed by atoms with van der Waals surface area (Å²) < 4.78 is 0.383. The van der Waals surface area contributed by atoms with E-state index in [0.717, 1.165) is 5.92 Å². The van der Waals surface area contributed by atoms with Gasteiger partial charge < -0.3 is 4.90 Å². The predicted molar refractivity (Wildman–Crippen MR) is 79.6 cm³/mol. The minimum atomic E-state index is 0.383. The largest absolute Gasteiger partial charge is 0.300 e. The van der Waals surface area contributed by atoms with E-state index in [1.165, 1.54) is 32.5 Å². The molecule has 0 bridgehead atoms. The van der Waals surface area contributed by atoms with Crippen molar-refractivity contribution in [2.24, 2.45) is 5.92 Å². The number of nitrogens with zero attached hydrogens (tertiary/aromatic N) is 1. The number of alkyl halides is 3. The maximum Gasteiger partial charge on any atom is 0.136 e. The van der Waals surface area contributed by atoms with Crippen molar-refractivity contribution in [1.29, 1.82) is 0 Å². The van der Waals surface area contributed by atoms with Gasteiger partial charge in [0.1, 0.15) is -0.565 Å². The highest BCUT2D eigenvalue weighted by Crippen LogP contribution is 2.36. The Morgan fingerprint density at radius 3 is 2.17 bits per heavy atom. The lowest BCUT2D eigenvalue weighted by Crippen LogP contribution is -2.37. The minimum absolute atomic E-state index is 0.383. The van der Waals surface area contributed by atoms with Crippen LogP contribution in [-0.4, -0.2) is 24.0 Å². The lowest BCUT2D eigenvalue weighted by atomic mass is 9.99. The smallest absolute Gasteiger partial charge is 0.136 e. The highest BCUT2D eigenvalue weighted by atomic mass is 127. The normalized spacial score (nSPS) is 23.0. The standard InChI is InChI=1S/C8H14I3N/c1-7-2-4-12(5-3-7)6-8(9,10)11/h7H,2-6H2,1H3. The third-order valence-electron chi connectivity index (χ3n) is 2.28.